The Morgan fingerprint density at radius 2 is 2.11 bits per heavy atom. The first-order chi connectivity index (χ1) is 8.36. The summed E-state index contributed by atoms with van der Waals surface area (Å²) in [6.07, 6.45) is -3.45. The Kier molecular flexibility index (Phi) is 3.49. The molecule has 2 heterocycles. The van der Waals surface area contributed by atoms with E-state index in [1.54, 1.807) is 0 Å². The lowest BCUT2D eigenvalue weighted by atomic mass is 10.3. The first-order valence-corrected chi connectivity index (χ1v) is 6.48. The average molecular weight is 291 g/mol. The van der Waals surface area contributed by atoms with E-state index in [1.165, 1.54) is 11.3 Å². The molecule has 18 heavy (non-hydrogen) atoms. The van der Waals surface area contributed by atoms with E-state index in [4.69, 9.17) is 5.73 Å². The molecule has 2 N–H and O–H groups in total. The van der Waals surface area contributed by atoms with Gasteiger partial charge in [0.25, 0.3) is 0 Å². The fourth-order valence-corrected chi connectivity index (χ4v) is 3.01. The molecule has 0 bridgehead atoms. The zero-order valence-corrected chi connectivity index (χ0v) is 10.8. The topological polar surface area (TPSA) is 51.8 Å². The number of nitrogens with zero attached hydrogens (tertiary/aromatic N) is 2. The summed E-state index contributed by atoms with van der Waals surface area (Å²) in [5.74, 6) is 0. The maximum absolute atomic E-state index is 12.5. The monoisotopic (exact) mass is 291 g/mol. The SMILES string of the molecule is Cc1csc(Sc2cc(C(F)(F)F)ncc2N)n1. The van der Waals surface area contributed by atoms with E-state index in [9.17, 15) is 13.2 Å². The van der Waals surface area contributed by atoms with Gasteiger partial charge < -0.3 is 5.73 Å². The van der Waals surface area contributed by atoms with E-state index in [0.29, 0.717) is 9.24 Å². The molecule has 8 heteroatoms. The third-order valence-corrected chi connectivity index (χ3v) is 4.11. The summed E-state index contributed by atoms with van der Waals surface area (Å²) in [6, 6.07) is 0.941. The molecule has 0 aliphatic carbocycles. The fraction of sp³-hybridized carbons (Fsp3) is 0.200. The highest BCUT2D eigenvalue weighted by Gasteiger charge is 2.33. The summed E-state index contributed by atoms with van der Waals surface area (Å²) in [5, 5.41) is 1.82. The third kappa shape index (κ3) is 2.94. The van der Waals surface area contributed by atoms with Gasteiger partial charge in [-0.05, 0) is 13.0 Å². The molecule has 0 saturated heterocycles. The van der Waals surface area contributed by atoms with Crippen molar-refractivity contribution in [1.82, 2.24) is 9.97 Å². The Balaban J connectivity index is 2.32. The van der Waals surface area contributed by atoms with Gasteiger partial charge in [-0.25, -0.2) is 9.97 Å². The number of halogens is 3. The van der Waals surface area contributed by atoms with Gasteiger partial charge in [0.05, 0.1) is 11.9 Å². The summed E-state index contributed by atoms with van der Waals surface area (Å²) in [4.78, 5) is 7.75. The van der Waals surface area contributed by atoms with Crippen LogP contribution in [0.25, 0.3) is 0 Å². The number of alkyl halides is 3. The number of aromatic nitrogens is 2. The van der Waals surface area contributed by atoms with Crippen molar-refractivity contribution in [3.8, 4) is 0 Å². The van der Waals surface area contributed by atoms with Gasteiger partial charge in [0, 0.05) is 16.0 Å². The normalized spacial score (nSPS) is 11.8. The second-order valence-electron chi connectivity index (χ2n) is 3.46. The van der Waals surface area contributed by atoms with Gasteiger partial charge in [0.1, 0.15) is 5.69 Å². The second kappa shape index (κ2) is 4.77. The summed E-state index contributed by atoms with van der Waals surface area (Å²) < 4.78 is 38.2. The number of hydrogen-bond donors (Lipinski definition) is 1. The van der Waals surface area contributed by atoms with Crippen LogP contribution in [0.3, 0.4) is 0 Å². The van der Waals surface area contributed by atoms with E-state index < -0.39 is 11.9 Å². The lowest BCUT2D eigenvalue weighted by Crippen LogP contribution is -2.08. The fourth-order valence-electron chi connectivity index (χ4n) is 1.16. The molecular weight excluding hydrogens is 283 g/mol. The number of pyridine rings is 1. The van der Waals surface area contributed by atoms with E-state index in [1.807, 2.05) is 12.3 Å². The summed E-state index contributed by atoms with van der Waals surface area (Å²) in [5.41, 5.74) is 5.70. The second-order valence-corrected chi connectivity index (χ2v) is 5.61. The molecule has 0 radical (unpaired) electrons. The van der Waals surface area contributed by atoms with Gasteiger partial charge in [-0.2, -0.15) is 13.2 Å². The predicted molar refractivity (Wildman–Crippen MR) is 64.6 cm³/mol. The average Bonchev–Trinajstić information content (AvgIpc) is 2.66. The molecule has 0 aliphatic heterocycles. The number of rotatable bonds is 2. The van der Waals surface area contributed by atoms with Crippen molar-refractivity contribution in [2.45, 2.75) is 22.3 Å². The van der Waals surface area contributed by atoms with E-state index in [2.05, 4.69) is 9.97 Å². The van der Waals surface area contributed by atoms with Crippen molar-refractivity contribution >= 4 is 28.8 Å². The number of aryl methyl sites for hydroxylation is 1. The molecule has 0 atom stereocenters. The van der Waals surface area contributed by atoms with Crippen molar-refractivity contribution in [2.24, 2.45) is 0 Å². The molecule has 2 rings (SSSR count). The number of thiazole rings is 1. The van der Waals surface area contributed by atoms with Crippen molar-refractivity contribution in [3.63, 3.8) is 0 Å². The van der Waals surface area contributed by atoms with Gasteiger partial charge >= 0.3 is 6.18 Å². The molecule has 0 fully saturated rings. The number of anilines is 1. The molecule has 0 saturated carbocycles. The number of nitrogens with two attached hydrogens (primary N) is 1. The summed E-state index contributed by atoms with van der Waals surface area (Å²) >= 11 is 2.47. The van der Waals surface area contributed by atoms with Gasteiger partial charge in [-0.3, -0.25) is 0 Å². The lowest BCUT2D eigenvalue weighted by molar-refractivity contribution is -0.141. The van der Waals surface area contributed by atoms with E-state index in [0.717, 1.165) is 29.7 Å². The number of hydrogen-bond acceptors (Lipinski definition) is 5. The molecule has 3 nitrogen and oxygen atoms in total. The Morgan fingerprint density at radius 1 is 1.39 bits per heavy atom. The Labute approximate surface area is 109 Å². The lowest BCUT2D eigenvalue weighted by Gasteiger charge is -2.08. The molecule has 0 aromatic carbocycles. The van der Waals surface area contributed by atoms with Crippen molar-refractivity contribution in [3.05, 3.63) is 29.0 Å². The van der Waals surface area contributed by atoms with E-state index in [-0.39, 0.29) is 5.69 Å². The van der Waals surface area contributed by atoms with Crippen LogP contribution in [0.2, 0.25) is 0 Å². The zero-order valence-electron chi connectivity index (χ0n) is 9.15. The van der Waals surface area contributed by atoms with Crippen LogP contribution in [-0.2, 0) is 6.18 Å². The minimum atomic E-state index is -4.47. The predicted octanol–water partition coefficient (Wildman–Crippen LogP) is 3.60. The van der Waals surface area contributed by atoms with Crippen LogP contribution in [0, 0.1) is 6.92 Å². The molecule has 96 valence electrons. The standard InChI is InChI=1S/C10H8F3N3S2/c1-5-4-17-9(16-5)18-7-2-8(10(11,12)13)15-3-6(7)14/h2-4H,14H2,1H3. The number of nitrogen functional groups attached to an aromatic ring is 1. The smallest absolute Gasteiger partial charge is 0.397 e. The highest BCUT2D eigenvalue weighted by Crippen LogP contribution is 2.37. The van der Waals surface area contributed by atoms with Gasteiger partial charge in [0.15, 0.2) is 4.34 Å². The Hall–Kier alpha value is -1.28. The molecular formula is C10H8F3N3S2. The highest BCUT2D eigenvalue weighted by atomic mass is 32.2. The van der Waals surface area contributed by atoms with Crippen LogP contribution in [0.1, 0.15) is 11.4 Å². The molecule has 2 aromatic heterocycles. The molecule has 2 aromatic rings. The van der Waals surface area contributed by atoms with Crippen LogP contribution >= 0.6 is 23.1 Å². The quantitative estimate of drug-likeness (QED) is 0.918. The van der Waals surface area contributed by atoms with Gasteiger partial charge in [-0.1, -0.05) is 11.8 Å². The van der Waals surface area contributed by atoms with Crippen LogP contribution in [0.15, 0.2) is 26.9 Å². The van der Waals surface area contributed by atoms with Crippen molar-refractivity contribution in [2.75, 3.05) is 5.73 Å². The zero-order chi connectivity index (χ0) is 13.3. The van der Waals surface area contributed by atoms with Crippen LogP contribution < -0.4 is 5.73 Å². The first-order valence-electron chi connectivity index (χ1n) is 4.79. The Morgan fingerprint density at radius 3 is 2.67 bits per heavy atom. The van der Waals surface area contributed by atoms with Gasteiger partial charge in [-0.15, -0.1) is 11.3 Å². The molecule has 0 unspecified atom stereocenters. The molecule has 0 amide bonds. The van der Waals surface area contributed by atoms with Crippen molar-refractivity contribution in [1.29, 1.82) is 0 Å². The maximum Gasteiger partial charge on any atom is 0.433 e. The molecule has 0 spiro atoms. The maximum atomic E-state index is 12.5. The van der Waals surface area contributed by atoms with Crippen LogP contribution in [-0.4, -0.2) is 9.97 Å². The van der Waals surface area contributed by atoms with Crippen molar-refractivity contribution < 1.29 is 13.2 Å². The van der Waals surface area contributed by atoms with E-state index >= 15 is 0 Å². The minimum Gasteiger partial charge on any atom is -0.397 e. The van der Waals surface area contributed by atoms with Crippen LogP contribution in [0.4, 0.5) is 18.9 Å². The van der Waals surface area contributed by atoms with Crippen LogP contribution in [0.5, 0.6) is 0 Å². The largest absolute Gasteiger partial charge is 0.433 e. The van der Waals surface area contributed by atoms with Gasteiger partial charge in [0.2, 0.25) is 0 Å². The molecule has 0 aliphatic rings. The summed E-state index contributed by atoms with van der Waals surface area (Å²) in [6.45, 7) is 1.82. The Bertz CT molecular complexity index is 566. The third-order valence-electron chi connectivity index (χ3n) is 1.98. The highest BCUT2D eigenvalue weighted by molar-refractivity contribution is 8.01. The summed E-state index contributed by atoms with van der Waals surface area (Å²) in [7, 11) is 0. The minimum absolute atomic E-state index is 0.209. The first kappa shape index (κ1) is 13.2.